The molecular formula is C12H15NO2. The molecule has 0 heterocycles. The highest BCUT2D eigenvalue weighted by Crippen LogP contribution is 2.52. The molecule has 3 nitrogen and oxygen atoms in total. The van der Waals surface area contributed by atoms with Gasteiger partial charge in [0.1, 0.15) is 5.54 Å². The molecule has 0 bridgehead atoms. The van der Waals surface area contributed by atoms with E-state index in [2.05, 4.69) is 5.32 Å². The van der Waals surface area contributed by atoms with E-state index in [0.29, 0.717) is 6.42 Å². The van der Waals surface area contributed by atoms with Crippen molar-refractivity contribution in [3.63, 3.8) is 0 Å². The van der Waals surface area contributed by atoms with Crippen molar-refractivity contribution in [2.24, 2.45) is 0 Å². The van der Waals surface area contributed by atoms with Crippen LogP contribution in [-0.2, 0) is 4.79 Å². The first-order chi connectivity index (χ1) is 7.12. The van der Waals surface area contributed by atoms with Crippen LogP contribution in [0.2, 0.25) is 0 Å². The van der Waals surface area contributed by atoms with E-state index < -0.39 is 11.5 Å². The third-order valence-electron chi connectivity index (χ3n) is 3.35. The number of carbonyl (C=O) groups is 1. The van der Waals surface area contributed by atoms with Gasteiger partial charge in [-0.05, 0) is 31.5 Å². The minimum Gasteiger partial charge on any atom is -0.480 e. The monoisotopic (exact) mass is 205 g/mol. The van der Waals surface area contributed by atoms with E-state index in [9.17, 15) is 4.79 Å². The first kappa shape index (κ1) is 10.2. The molecule has 1 aliphatic carbocycles. The predicted molar refractivity (Wildman–Crippen MR) is 58.0 cm³/mol. The van der Waals surface area contributed by atoms with E-state index in [4.69, 9.17) is 5.11 Å². The Balaban J connectivity index is 2.30. The second-order valence-corrected chi connectivity index (χ2v) is 4.14. The number of nitrogens with one attached hydrogen (secondary N) is 1. The average molecular weight is 205 g/mol. The highest BCUT2D eigenvalue weighted by molar-refractivity contribution is 5.85. The molecule has 1 aromatic carbocycles. The molecule has 0 saturated heterocycles. The second kappa shape index (κ2) is 3.35. The Kier molecular flexibility index (Phi) is 2.27. The van der Waals surface area contributed by atoms with Crippen molar-refractivity contribution in [1.29, 1.82) is 0 Å². The molecule has 0 amide bonds. The summed E-state index contributed by atoms with van der Waals surface area (Å²) >= 11 is 0. The normalized spacial score (nSPS) is 28.8. The third-order valence-corrected chi connectivity index (χ3v) is 3.35. The van der Waals surface area contributed by atoms with Crippen molar-refractivity contribution >= 4 is 5.97 Å². The van der Waals surface area contributed by atoms with Crippen LogP contribution in [0.1, 0.15) is 23.5 Å². The number of hydrogen-bond acceptors (Lipinski definition) is 2. The number of carboxylic acids is 1. The van der Waals surface area contributed by atoms with Gasteiger partial charge in [0.15, 0.2) is 0 Å². The number of aliphatic carboxylic acids is 1. The van der Waals surface area contributed by atoms with Crippen LogP contribution in [0.3, 0.4) is 0 Å². The first-order valence-corrected chi connectivity index (χ1v) is 5.09. The molecule has 0 aromatic heterocycles. The quantitative estimate of drug-likeness (QED) is 0.786. The topological polar surface area (TPSA) is 49.3 Å². The van der Waals surface area contributed by atoms with E-state index in [-0.39, 0.29) is 5.92 Å². The summed E-state index contributed by atoms with van der Waals surface area (Å²) in [5.41, 5.74) is 1.58. The standard InChI is InChI=1S/C12H15NO2/c1-8-5-3-4-6-9(8)10-7-12(10,13-2)11(14)15/h3-6,10,13H,7H2,1-2H3,(H,14,15). The summed E-state index contributed by atoms with van der Waals surface area (Å²) < 4.78 is 0. The van der Waals surface area contributed by atoms with Gasteiger partial charge >= 0.3 is 5.97 Å². The number of hydrogen-bond donors (Lipinski definition) is 2. The molecule has 2 rings (SSSR count). The minimum absolute atomic E-state index is 0.112. The Bertz CT molecular complexity index is 402. The van der Waals surface area contributed by atoms with Gasteiger partial charge in [-0.25, -0.2) is 0 Å². The molecule has 1 aromatic rings. The van der Waals surface area contributed by atoms with Crippen LogP contribution in [0.5, 0.6) is 0 Å². The first-order valence-electron chi connectivity index (χ1n) is 5.09. The molecule has 0 aliphatic heterocycles. The maximum Gasteiger partial charge on any atom is 0.324 e. The molecule has 2 unspecified atom stereocenters. The van der Waals surface area contributed by atoms with Crippen molar-refractivity contribution < 1.29 is 9.90 Å². The Morgan fingerprint density at radius 3 is 2.67 bits per heavy atom. The summed E-state index contributed by atoms with van der Waals surface area (Å²) in [5.74, 6) is -0.639. The zero-order valence-electron chi connectivity index (χ0n) is 8.95. The Morgan fingerprint density at radius 1 is 1.53 bits per heavy atom. The van der Waals surface area contributed by atoms with Crippen LogP contribution in [0.25, 0.3) is 0 Å². The Morgan fingerprint density at radius 2 is 2.20 bits per heavy atom. The molecule has 80 valence electrons. The highest BCUT2D eigenvalue weighted by Gasteiger charge is 2.60. The van der Waals surface area contributed by atoms with Crippen molar-refractivity contribution in [3.8, 4) is 0 Å². The molecule has 1 saturated carbocycles. The second-order valence-electron chi connectivity index (χ2n) is 4.14. The number of benzene rings is 1. The zero-order chi connectivity index (χ0) is 11.1. The summed E-state index contributed by atoms with van der Waals surface area (Å²) in [6.07, 6.45) is 0.684. The fourth-order valence-electron chi connectivity index (χ4n) is 2.24. The van der Waals surface area contributed by atoms with Crippen LogP contribution >= 0.6 is 0 Å². The lowest BCUT2D eigenvalue weighted by atomic mass is 10.0. The van der Waals surface area contributed by atoms with Crippen LogP contribution < -0.4 is 5.32 Å². The number of likely N-dealkylation sites (N-methyl/N-ethyl adjacent to an activating group) is 1. The smallest absolute Gasteiger partial charge is 0.324 e. The van der Waals surface area contributed by atoms with Crippen molar-refractivity contribution in [3.05, 3.63) is 35.4 Å². The molecule has 15 heavy (non-hydrogen) atoms. The maximum atomic E-state index is 11.1. The summed E-state index contributed by atoms with van der Waals surface area (Å²) in [6.45, 7) is 2.02. The van der Waals surface area contributed by atoms with Gasteiger partial charge in [-0.15, -0.1) is 0 Å². The lowest BCUT2D eigenvalue weighted by molar-refractivity contribution is -0.140. The minimum atomic E-state index is -0.752. The van der Waals surface area contributed by atoms with E-state index in [1.165, 1.54) is 5.56 Å². The van der Waals surface area contributed by atoms with Gasteiger partial charge in [-0.1, -0.05) is 24.3 Å². The molecule has 2 N–H and O–H groups in total. The van der Waals surface area contributed by atoms with Crippen molar-refractivity contribution in [2.45, 2.75) is 24.8 Å². The number of carboxylic acid groups (broad SMARTS) is 1. The summed E-state index contributed by atoms with van der Waals surface area (Å²) in [5, 5.41) is 12.1. The fourth-order valence-corrected chi connectivity index (χ4v) is 2.24. The molecule has 0 spiro atoms. The molecule has 3 heteroatoms. The van der Waals surface area contributed by atoms with Crippen LogP contribution in [0, 0.1) is 6.92 Å². The number of rotatable bonds is 3. The van der Waals surface area contributed by atoms with Crippen LogP contribution in [0.15, 0.2) is 24.3 Å². The summed E-state index contributed by atoms with van der Waals surface area (Å²) in [4.78, 5) is 11.1. The molecular weight excluding hydrogens is 190 g/mol. The SMILES string of the molecule is CNC1(C(=O)O)CC1c1ccccc1C. The molecule has 0 radical (unpaired) electrons. The van der Waals surface area contributed by atoms with E-state index in [1.54, 1.807) is 7.05 Å². The van der Waals surface area contributed by atoms with E-state index in [1.807, 2.05) is 31.2 Å². The lowest BCUT2D eigenvalue weighted by Crippen LogP contribution is -2.38. The Hall–Kier alpha value is -1.35. The average Bonchev–Trinajstić information content (AvgIpc) is 2.94. The van der Waals surface area contributed by atoms with Crippen molar-refractivity contribution in [1.82, 2.24) is 5.32 Å². The largest absolute Gasteiger partial charge is 0.480 e. The van der Waals surface area contributed by atoms with Gasteiger partial charge in [-0.3, -0.25) is 4.79 Å². The molecule has 2 atom stereocenters. The van der Waals surface area contributed by atoms with E-state index in [0.717, 1.165) is 5.56 Å². The van der Waals surface area contributed by atoms with Gasteiger partial charge < -0.3 is 10.4 Å². The van der Waals surface area contributed by atoms with Gasteiger partial charge in [-0.2, -0.15) is 0 Å². The van der Waals surface area contributed by atoms with Crippen molar-refractivity contribution in [2.75, 3.05) is 7.05 Å². The molecule has 1 aliphatic rings. The highest BCUT2D eigenvalue weighted by atomic mass is 16.4. The van der Waals surface area contributed by atoms with Crippen LogP contribution in [0.4, 0.5) is 0 Å². The lowest BCUT2D eigenvalue weighted by Gasteiger charge is -2.12. The van der Waals surface area contributed by atoms with Gasteiger partial charge in [0.05, 0.1) is 0 Å². The third kappa shape index (κ3) is 1.43. The Labute approximate surface area is 89.1 Å². The van der Waals surface area contributed by atoms with Gasteiger partial charge in [0.2, 0.25) is 0 Å². The maximum absolute atomic E-state index is 11.1. The van der Waals surface area contributed by atoms with Gasteiger partial charge in [0, 0.05) is 5.92 Å². The predicted octanol–water partition coefficient (Wildman–Crippen LogP) is 1.53. The molecule has 1 fully saturated rings. The van der Waals surface area contributed by atoms with Gasteiger partial charge in [0.25, 0.3) is 0 Å². The van der Waals surface area contributed by atoms with E-state index >= 15 is 0 Å². The zero-order valence-corrected chi connectivity index (χ0v) is 8.95. The van der Waals surface area contributed by atoms with Crippen LogP contribution in [-0.4, -0.2) is 23.7 Å². The summed E-state index contributed by atoms with van der Waals surface area (Å²) in [7, 11) is 1.71. The summed E-state index contributed by atoms with van der Waals surface area (Å²) in [6, 6.07) is 7.98. The fraction of sp³-hybridized carbons (Fsp3) is 0.417. The number of aryl methyl sites for hydroxylation is 1.